The first-order valence-corrected chi connectivity index (χ1v) is 5.86. The van der Waals surface area contributed by atoms with Crippen molar-refractivity contribution in [1.82, 2.24) is 15.5 Å². The molecule has 1 aromatic rings. The van der Waals surface area contributed by atoms with Gasteiger partial charge in [0.2, 0.25) is 5.91 Å². The van der Waals surface area contributed by atoms with E-state index in [-0.39, 0.29) is 18.3 Å². The van der Waals surface area contributed by atoms with Crippen LogP contribution in [0.15, 0.2) is 12.1 Å². The van der Waals surface area contributed by atoms with Crippen LogP contribution < -0.4 is 10.6 Å². The molecular formula is C11H13F3N4O. The molecule has 19 heavy (non-hydrogen) atoms. The van der Waals surface area contributed by atoms with Crippen molar-refractivity contribution < 1.29 is 18.0 Å². The molecule has 104 valence electrons. The Labute approximate surface area is 107 Å². The molecule has 0 bridgehead atoms. The molecule has 0 aliphatic heterocycles. The lowest BCUT2D eigenvalue weighted by atomic mass is 10.3. The van der Waals surface area contributed by atoms with Crippen LogP contribution in [0.4, 0.5) is 19.0 Å². The van der Waals surface area contributed by atoms with E-state index in [0.29, 0.717) is 12.5 Å². The average Bonchev–Trinajstić information content (AvgIpc) is 3.17. The Bertz CT molecular complexity index is 442. The summed E-state index contributed by atoms with van der Waals surface area (Å²) in [6, 6.07) is 1.96. The van der Waals surface area contributed by atoms with Crippen molar-refractivity contribution in [2.75, 3.05) is 18.4 Å². The number of halogens is 3. The number of alkyl halides is 3. The van der Waals surface area contributed by atoms with Gasteiger partial charge in [-0.05, 0) is 30.9 Å². The van der Waals surface area contributed by atoms with Crippen molar-refractivity contribution in [3.05, 3.63) is 17.8 Å². The zero-order valence-electron chi connectivity index (χ0n) is 10.00. The van der Waals surface area contributed by atoms with Crippen molar-refractivity contribution in [3.8, 4) is 0 Å². The lowest BCUT2D eigenvalue weighted by molar-refractivity contribution is -0.141. The minimum absolute atomic E-state index is 0.0350. The van der Waals surface area contributed by atoms with Crippen LogP contribution in [0.2, 0.25) is 0 Å². The van der Waals surface area contributed by atoms with Crippen LogP contribution in [0.1, 0.15) is 18.5 Å². The van der Waals surface area contributed by atoms with Gasteiger partial charge in [-0.3, -0.25) is 4.79 Å². The Morgan fingerprint density at radius 1 is 1.32 bits per heavy atom. The highest BCUT2D eigenvalue weighted by atomic mass is 19.4. The average molecular weight is 274 g/mol. The SMILES string of the molecule is O=C(CNc1ccc(C(F)(F)F)nn1)NCC1CC1. The van der Waals surface area contributed by atoms with Gasteiger partial charge in [0.25, 0.3) is 0 Å². The van der Waals surface area contributed by atoms with Gasteiger partial charge in [0.05, 0.1) is 6.54 Å². The zero-order valence-corrected chi connectivity index (χ0v) is 10.00. The number of amides is 1. The van der Waals surface area contributed by atoms with Crippen LogP contribution in [0.5, 0.6) is 0 Å². The van der Waals surface area contributed by atoms with Gasteiger partial charge in [-0.2, -0.15) is 13.2 Å². The van der Waals surface area contributed by atoms with E-state index in [0.717, 1.165) is 25.0 Å². The monoisotopic (exact) mass is 274 g/mol. The summed E-state index contributed by atoms with van der Waals surface area (Å²) in [6.45, 7) is 0.617. The number of hydrogen-bond acceptors (Lipinski definition) is 4. The molecule has 0 aromatic carbocycles. The third kappa shape index (κ3) is 4.38. The third-order valence-electron chi connectivity index (χ3n) is 2.67. The topological polar surface area (TPSA) is 66.9 Å². The normalized spacial score (nSPS) is 15.1. The second-order valence-corrected chi connectivity index (χ2v) is 4.40. The van der Waals surface area contributed by atoms with Gasteiger partial charge in [-0.1, -0.05) is 0 Å². The van der Waals surface area contributed by atoms with Crippen LogP contribution >= 0.6 is 0 Å². The molecule has 0 spiro atoms. The first-order chi connectivity index (χ1) is 8.95. The van der Waals surface area contributed by atoms with E-state index >= 15 is 0 Å². The highest BCUT2D eigenvalue weighted by molar-refractivity contribution is 5.80. The number of nitrogens with one attached hydrogen (secondary N) is 2. The fourth-order valence-electron chi connectivity index (χ4n) is 1.39. The molecule has 1 aromatic heterocycles. The van der Waals surface area contributed by atoms with Gasteiger partial charge in [0.1, 0.15) is 5.82 Å². The molecule has 0 saturated heterocycles. The Morgan fingerprint density at radius 2 is 2.05 bits per heavy atom. The zero-order chi connectivity index (χ0) is 13.9. The van der Waals surface area contributed by atoms with Crippen molar-refractivity contribution in [1.29, 1.82) is 0 Å². The third-order valence-corrected chi connectivity index (χ3v) is 2.67. The van der Waals surface area contributed by atoms with Crippen molar-refractivity contribution in [2.45, 2.75) is 19.0 Å². The molecule has 2 N–H and O–H groups in total. The maximum absolute atomic E-state index is 12.2. The summed E-state index contributed by atoms with van der Waals surface area (Å²) >= 11 is 0. The second kappa shape index (κ2) is 5.41. The molecule has 0 radical (unpaired) electrons. The number of rotatable bonds is 5. The maximum Gasteiger partial charge on any atom is 0.435 e. The highest BCUT2D eigenvalue weighted by Gasteiger charge is 2.32. The summed E-state index contributed by atoms with van der Waals surface area (Å²) in [7, 11) is 0. The number of carbonyl (C=O) groups is 1. The van der Waals surface area contributed by atoms with Gasteiger partial charge in [0.15, 0.2) is 5.69 Å². The molecular weight excluding hydrogens is 261 g/mol. The fourth-order valence-corrected chi connectivity index (χ4v) is 1.39. The molecule has 1 aliphatic rings. The van der Waals surface area contributed by atoms with Crippen molar-refractivity contribution in [3.63, 3.8) is 0 Å². The summed E-state index contributed by atoms with van der Waals surface area (Å²) < 4.78 is 36.7. The first kappa shape index (κ1) is 13.6. The lowest BCUT2D eigenvalue weighted by Crippen LogP contribution is -2.31. The minimum atomic E-state index is -4.51. The number of nitrogens with zero attached hydrogens (tertiary/aromatic N) is 2. The molecule has 1 aliphatic carbocycles. The summed E-state index contributed by atoms with van der Waals surface area (Å²) in [5.41, 5.74) is -1.06. The summed E-state index contributed by atoms with van der Waals surface area (Å²) in [4.78, 5) is 11.4. The van der Waals surface area contributed by atoms with Crippen LogP contribution in [-0.2, 0) is 11.0 Å². The molecule has 5 nitrogen and oxygen atoms in total. The van der Waals surface area contributed by atoms with Crippen LogP contribution in [0.3, 0.4) is 0 Å². The molecule has 0 atom stereocenters. The van der Waals surface area contributed by atoms with Crippen LogP contribution in [0.25, 0.3) is 0 Å². The molecule has 0 unspecified atom stereocenters. The highest BCUT2D eigenvalue weighted by Crippen LogP contribution is 2.27. The fraction of sp³-hybridized carbons (Fsp3) is 0.545. The lowest BCUT2D eigenvalue weighted by Gasteiger charge is -2.07. The van der Waals surface area contributed by atoms with Gasteiger partial charge >= 0.3 is 6.18 Å². The quantitative estimate of drug-likeness (QED) is 0.852. The molecule has 2 rings (SSSR count). The molecule has 1 fully saturated rings. The Hall–Kier alpha value is -1.86. The van der Waals surface area contributed by atoms with E-state index in [1.165, 1.54) is 0 Å². The molecule has 1 heterocycles. The summed E-state index contributed by atoms with van der Waals surface area (Å²) in [6.07, 6.45) is -2.23. The molecule has 1 saturated carbocycles. The van der Waals surface area contributed by atoms with E-state index in [2.05, 4.69) is 20.8 Å². The van der Waals surface area contributed by atoms with E-state index in [1.54, 1.807) is 0 Å². The van der Waals surface area contributed by atoms with Gasteiger partial charge in [0, 0.05) is 6.54 Å². The first-order valence-electron chi connectivity index (χ1n) is 5.86. The summed E-state index contributed by atoms with van der Waals surface area (Å²) in [5, 5.41) is 11.7. The number of aromatic nitrogens is 2. The van der Waals surface area contributed by atoms with Crippen molar-refractivity contribution >= 4 is 11.7 Å². The number of carbonyl (C=O) groups excluding carboxylic acids is 1. The Kier molecular flexibility index (Phi) is 3.87. The van der Waals surface area contributed by atoms with E-state index in [1.807, 2.05) is 0 Å². The Morgan fingerprint density at radius 3 is 2.58 bits per heavy atom. The Balaban J connectivity index is 1.77. The van der Waals surface area contributed by atoms with Crippen LogP contribution in [-0.4, -0.2) is 29.2 Å². The largest absolute Gasteiger partial charge is 0.435 e. The standard InChI is InChI=1S/C11H13F3N4O/c12-11(13,14)8-3-4-9(18-17-8)15-6-10(19)16-5-7-1-2-7/h3-4,7H,1-2,5-6H2,(H,15,18)(H,16,19). The van der Waals surface area contributed by atoms with E-state index < -0.39 is 11.9 Å². The van der Waals surface area contributed by atoms with Gasteiger partial charge in [-0.15, -0.1) is 10.2 Å². The maximum atomic E-state index is 12.2. The van der Waals surface area contributed by atoms with E-state index in [4.69, 9.17) is 0 Å². The van der Waals surface area contributed by atoms with E-state index in [9.17, 15) is 18.0 Å². The number of anilines is 1. The van der Waals surface area contributed by atoms with Crippen molar-refractivity contribution in [2.24, 2.45) is 5.92 Å². The smallest absolute Gasteiger partial charge is 0.360 e. The molecule has 1 amide bonds. The predicted molar refractivity (Wildman–Crippen MR) is 61.3 cm³/mol. The minimum Gasteiger partial charge on any atom is -0.360 e. The number of hydrogen-bond donors (Lipinski definition) is 2. The van der Waals surface area contributed by atoms with Crippen LogP contribution in [0, 0.1) is 5.92 Å². The predicted octanol–water partition coefficient (Wildman–Crippen LogP) is 1.43. The summed E-state index contributed by atoms with van der Waals surface area (Å²) in [5.74, 6) is 0.498. The van der Waals surface area contributed by atoms with Gasteiger partial charge in [-0.25, -0.2) is 0 Å². The second-order valence-electron chi connectivity index (χ2n) is 4.40. The van der Waals surface area contributed by atoms with Gasteiger partial charge < -0.3 is 10.6 Å². The molecule has 8 heteroatoms.